The highest BCUT2D eigenvalue weighted by Crippen LogP contribution is 2.39. The third-order valence-electron chi connectivity index (χ3n) is 9.48. The molecule has 0 unspecified atom stereocenters. The van der Waals surface area contributed by atoms with E-state index in [1.807, 2.05) is 18.2 Å². The molecule has 0 radical (unpaired) electrons. The summed E-state index contributed by atoms with van der Waals surface area (Å²) in [6, 6.07) is 34.2. The fourth-order valence-electron chi connectivity index (χ4n) is 6.70. The topological polar surface area (TPSA) is 55.4 Å². The van der Waals surface area contributed by atoms with Crippen molar-refractivity contribution in [3.8, 4) is 0 Å². The maximum Gasteiger partial charge on any atom is 0.371 e. The molecule has 0 bridgehead atoms. The Bertz CT molecular complexity index is 1040. The molecule has 0 amide bonds. The minimum Gasteiger partial charge on any atom is -0.394 e. The van der Waals surface area contributed by atoms with E-state index in [0.29, 0.717) is 0 Å². The summed E-state index contributed by atoms with van der Waals surface area (Å²) in [6.45, 7) is 2.45. The SMILES string of the molecule is CO[Si](CCCC(C)(CCC[Si](OC)(OC)c1ccccc1)CCC[Si](OC)(OC)c1ccccc1)(OC)c1ccccc1. The molecule has 0 aliphatic heterocycles. The summed E-state index contributed by atoms with van der Waals surface area (Å²) in [7, 11) is 3.24. The highest BCUT2D eigenvalue weighted by Gasteiger charge is 2.41. The van der Waals surface area contributed by atoms with Crippen LogP contribution in [0, 0.1) is 5.41 Å². The minimum absolute atomic E-state index is 0.120. The van der Waals surface area contributed by atoms with E-state index in [1.54, 1.807) is 42.7 Å². The zero-order valence-corrected chi connectivity index (χ0v) is 31.0. The Kier molecular flexibility index (Phi) is 14.7. The van der Waals surface area contributed by atoms with Crippen molar-refractivity contribution < 1.29 is 26.6 Å². The Hall–Kier alpha value is -1.93. The van der Waals surface area contributed by atoms with Crippen LogP contribution in [-0.4, -0.2) is 68.3 Å². The van der Waals surface area contributed by atoms with E-state index in [9.17, 15) is 0 Å². The Labute approximate surface area is 269 Å². The highest BCUT2D eigenvalue weighted by atomic mass is 28.4. The van der Waals surface area contributed by atoms with E-state index in [4.69, 9.17) is 26.6 Å². The van der Waals surface area contributed by atoms with Crippen LogP contribution >= 0.6 is 0 Å². The van der Waals surface area contributed by atoms with Gasteiger partial charge < -0.3 is 26.6 Å². The van der Waals surface area contributed by atoms with E-state index >= 15 is 0 Å². The van der Waals surface area contributed by atoms with Gasteiger partial charge in [0.1, 0.15) is 0 Å². The third-order valence-corrected chi connectivity index (χ3v) is 20.1. The summed E-state index contributed by atoms with van der Waals surface area (Å²) >= 11 is 0. The predicted molar refractivity (Wildman–Crippen MR) is 188 cm³/mol. The van der Waals surface area contributed by atoms with E-state index < -0.39 is 25.7 Å². The molecule has 0 aliphatic rings. The quantitative estimate of drug-likeness (QED) is 0.127. The molecule has 0 aliphatic carbocycles. The van der Waals surface area contributed by atoms with E-state index in [1.165, 1.54) is 15.6 Å². The molecule has 0 N–H and O–H groups in total. The summed E-state index contributed by atoms with van der Waals surface area (Å²) in [5.41, 5.74) is 0.120. The van der Waals surface area contributed by atoms with Gasteiger partial charge in [-0.1, -0.05) is 117 Å². The lowest BCUT2D eigenvalue weighted by Gasteiger charge is -2.35. The molecule has 44 heavy (non-hydrogen) atoms. The van der Waals surface area contributed by atoms with Crippen molar-refractivity contribution in [2.45, 2.75) is 63.6 Å². The van der Waals surface area contributed by atoms with E-state index in [-0.39, 0.29) is 5.41 Å². The molecule has 3 aromatic rings. The molecule has 3 aromatic carbocycles. The van der Waals surface area contributed by atoms with Crippen LogP contribution < -0.4 is 15.6 Å². The third kappa shape index (κ3) is 9.08. The van der Waals surface area contributed by atoms with Crippen molar-refractivity contribution in [2.24, 2.45) is 5.41 Å². The van der Waals surface area contributed by atoms with Gasteiger partial charge in [0.15, 0.2) is 0 Å². The Morgan fingerprint density at radius 1 is 0.409 bits per heavy atom. The monoisotopic (exact) mass is 654 g/mol. The number of rotatable bonds is 21. The van der Waals surface area contributed by atoms with Gasteiger partial charge in [-0.3, -0.25) is 0 Å². The molecule has 0 spiro atoms. The van der Waals surface area contributed by atoms with Crippen LogP contribution in [0.25, 0.3) is 0 Å². The van der Waals surface area contributed by atoms with Crippen molar-refractivity contribution in [3.05, 3.63) is 91.0 Å². The zero-order chi connectivity index (χ0) is 31.9. The first kappa shape index (κ1) is 36.5. The van der Waals surface area contributed by atoms with Gasteiger partial charge in [-0.25, -0.2) is 0 Å². The van der Waals surface area contributed by atoms with Gasteiger partial charge in [0.2, 0.25) is 0 Å². The van der Waals surface area contributed by atoms with Crippen LogP contribution in [-0.2, 0) is 26.6 Å². The van der Waals surface area contributed by atoms with Crippen molar-refractivity contribution in [1.29, 1.82) is 0 Å². The lowest BCUT2D eigenvalue weighted by molar-refractivity contribution is 0.214. The molecule has 6 nitrogen and oxygen atoms in total. The Morgan fingerprint density at radius 3 is 0.841 bits per heavy atom. The first-order valence-electron chi connectivity index (χ1n) is 15.8. The molecule has 0 atom stereocenters. The standard InChI is InChI=1S/C35H54O6Si3/c1-35(26-17-29-42(36-2,37-3)32-20-11-8-12-21-32,27-18-30-43(38-4,39-5)33-22-13-9-14-23-33)28-19-31-44(40-6,41-7)34-24-15-10-16-25-34/h8-16,20-25H,17-19,26-31H2,1-7H3. The molecule has 0 saturated carbocycles. The maximum absolute atomic E-state index is 6.16. The zero-order valence-electron chi connectivity index (χ0n) is 28.0. The molecule has 3 rings (SSSR count). The second-order valence-corrected chi connectivity index (χ2v) is 22.2. The lowest BCUT2D eigenvalue weighted by atomic mass is 9.77. The fourth-order valence-corrected chi connectivity index (χ4v) is 14.7. The number of hydrogen-bond acceptors (Lipinski definition) is 6. The summed E-state index contributed by atoms with van der Waals surface area (Å²) in [5, 5.41) is 3.55. The normalized spacial score (nSPS) is 12.9. The maximum atomic E-state index is 6.16. The van der Waals surface area contributed by atoms with Crippen LogP contribution in [0.3, 0.4) is 0 Å². The first-order chi connectivity index (χ1) is 21.3. The van der Waals surface area contributed by atoms with Crippen LogP contribution in [0.1, 0.15) is 45.4 Å². The largest absolute Gasteiger partial charge is 0.394 e. The molecule has 0 heterocycles. The fraction of sp³-hybridized carbons (Fsp3) is 0.486. The van der Waals surface area contributed by atoms with Crippen LogP contribution in [0.5, 0.6) is 0 Å². The van der Waals surface area contributed by atoms with E-state index in [0.717, 1.165) is 56.7 Å². The van der Waals surface area contributed by atoms with Crippen molar-refractivity contribution in [1.82, 2.24) is 0 Å². The van der Waals surface area contributed by atoms with Gasteiger partial charge in [0, 0.05) is 42.7 Å². The molecular formula is C35H54O6Si3. The van der Waals surface area contributed by atoms with Gasteiger partial charge in [-0.15, -0.1) is 0 Å². The molecule has 0 saturated heterocycles. The van der Waals surface area contributed by atoms with Crippen LogP contribution in [0.2, 0.25) is 18.1 Å². The van der Waals surface area contributed by atoms with Crippen molar-refractivity contribution >= 4 is 41.2 Å². The van der Waals surface area contributed by atoms with Crippen LogP contribution in [0.4, 0.5) is 0 Å². The second-order valence-electron chi connectivity index (χ2n) is 12.0. The Morgan fingerprint density at radius 2 is 0.636 bits per heavy atom. The van der Waals surface area contributed by atoms with Gasteiger partial charge in [0.05, 0.1) is 0 Å². The van der Waals surface area contributed by atoms with Crippen molar-refractivity contribution in [3.63, 3.8) is 0 Å². The molecule has 242 valence electrons. The number of benzene rings is 3. The minimum atomic E-state index is -2.52. The predicted octanol–water partition coefficient (Wildman–Crippen LogP) is 6.26. The molecule has 9 heteroatoms. The van der Waals surface area contributed by atoms with Gasteiger partial charge >= 0.3 is 25.7 Å². The molecular weight excluding hydrogens is 601 g/mol. The van der Waals surface area contributed by atoms with Crippen LogP contribution in [0.15, 0.2) is 91.0 Å². The van der Waals surface area contributed by atoms with Gasteiger partial charge in [-0.2, -0.15) is 0 Å². The van der Waals surface area contributed by atoms with Gasteiger partial charge in [0.25, 0.3) is 0 Å². The summed E-state index contributed by atoms with van der Waals surface area (Å²) in [6.07, 6.45) is 6.35. The number of hydrogen-bond donors (Lipinski definition) is 0. The van der Waals surface area contributed by atoms with E-state index in [2.05, 4.69) is 79.7 Å². The Balaban J connectivity index is 1.77. The highest BCUT2D eigenvalue weighted by molar-refractivity contribution is 6.82. The average molecular weight is 655 g/mol. The summed E-state index contributed by atoms with van der Waals surface area (Å²) in [5.74, 6) is 0. The van der Waals surface area contributed by atoms with Gasteiger partial charge in [-0.05, 0) is 58.4 Å². The summed E-state index contributed by atoms with van der Waals surface area (Å²) < 4.78 is 36.9. The van der Waals surface area contributed by atoms with Crippen molar-refractivity contribution in [2.75, 3.05) is 42.7 Å². The lowest BCUT2D eigenvalue weighted by Crippen LogP contribution is -2.52. The summed E-state index contributed by atoms with van der Waals surface area (Å²) in [4.78, 5) is 0. The smallest absolute Gasteiger partial charge is 0.371 e. The average Bonchev–Trinajstić information content (AvgIpc) is 3.09. The first-order valence-corrected chi connectivity index (χ1v) is 21.8. The second kappa shape index (κ2) is 17.7. The molecule has 0 aromatic heterocycles. The molecule has 0 fully saturated rings.